The van der Waals surface area contributed by atoms with Gasteiger partial charge in [0.05, 0.1) is 6.42 Å². The number of carbonyl (C=O) groups is 2. The Morgan fingerprint density at radius 1 is 1.25 bits per heavy atom. The summed E-state index contributed by atoms with van der Waals surface area (Å²) in [4.78, 5) is 48.6. The molecule has 8 nitrogen and oxygen atoms in total. The summed E-state index contributed by atoms with van der Waals surface area (Å²) in [6.07, 6.45) is -0.160. The Morgan fingerprint density at radius 2 is 1.88 bits per heavy atom. The van der Waals surface area contributed by atoms with Gasteiger partial charge in [0.1, 0.15) is 17.2 Å². The van der Waals surface area contributed by atoms with E-state index in [1.54, 1.807) is 0 Å². The number of nitrogens with zero attached hydrogens (tertiary/aromatic N) is 1. The highest BCUT2D eigenvalue weighted by atomic mass is 19.1. The molecule has 0 spiro atoms. The molecular weight excluding hydrogens is 321 g/mol. The number of carbonyl (C=O) groups excluding carboxylic acids is 2. The van der Waals surface area contributed by atoms with Crippen LogP contribution in [-0.2, 0) is 23.0 Å². The van der Waals surface area contributed by atoms with E-state index >= 15 is 0 Å². The molecule has 1 aromatic heterocycles. The summed E-state index contributed by atoms with van der Waals surface area (Å²) in [7, 11) is 1.28. The highest BCUT2D eigenvalue weighted by molar-refractivity contribution is 6.01. The Morgan fingerprint density at radius 3 is 2.50 bits per heavy atom. The van der Waals surface area contributed by atoms with Crippen molar-refractivity contribution in [3.63, 3.8) is 0 Å². The van der Waals surface area contributed by atoms with E-state index in [2.05, 4.69) is 0 Å². The summed E-state index contributed by atoms with van der Waals surface area (Å²) in [6, 6.07) is 5.21. The molecule has 2 rings (SSSR count). The van der Waals surface area contributed by atoms with Gasteiger partial charge in [0.25, 0.3) is 5.56 Å². The first-order valence-electron chi connectivity index (χ1n) is 6.81. The van der Waals surface area contributed by atoms with Gasteiger partial charge in [-0.15, -0.1) is 0 Å². The van der Waals surface area contributed by atoms with E-state index in [1.807, 2.05) is 4.98 Å². The van der Waals surface area contributed by atoms with E-state index in [1.165, 1.54) is 31.3 Å². The Balaban J connectivity index is 2.04. The Kier molecular flexibility index (Phi) is 4.93. The van der Waals surface area contributed by atoms with E-state index in [-0.39, 0.29) is 12.2 Å². The molecule has 24 heavy (non-hydrogen) atoms. The number of nitrogens with one attached hydrogen (secondary N) is 1. The number of ether oxygens (including phenoxy) is 1. The maximum atomic E-state index is 12.8. The Labute approximate surface area is 134 Å². The summed E-state index contributed by atoms with van der Waals surface area (Å²) >= 11 is 0. The zero-order chi connectivity index (χ0) is 17.9. The highest BCUT2D eigenvalue weighted by Crippen LogP contribution is 2.06. The molecule has 3 N–H and O–H groups in total. The minimum absolute atomic E-state index is 0.160. The zero-order valence-electron chi connectivity index (χ0n) is 12.7. The average molecular weight is 335 g/mol. The molecule has 0 atom stereocenters. The molecule has 0 saturated carbocycles. The van der Waals surface area contributed by atoms with Gasteiger partial charge < -0.3 is 10.5 Å². The lowest BCUT2D eigenvalue weighted by Gasteiger charge is -2.08. The lowest BCUT2D eigenvalue weighted by atomic mass is 10.1. The minimum Gasteiger partial charge on any atom is -0.457 e. The molecule has 1 heterocycles. The number of benzene rings is 1. The Bertz CT molecular complexity index is 899. The van der Waals surface area contributed by atoms with Crippen LogP contribution in [0.4, 0.5) is 10.2 Å². The van der Waals surface area contributed by atoms with Gasteiger partial charge in [0.2, 0.25) is 5.78 Å². The number of anilines is 1. The number of hydrogen-bond donors (Lipinski definition) is 2. The largest absolute Gasteiger partial charge is 0.457 e. The van der Waals surface area contributed by atoms with Crippen molar-refractivity contribution in [1.82, 2.24) is 9.55 Å². The van der Waals surface area contributed by atoms with Crippen molar-refractivity contribution < 1.29 is 18.7 Å². The van der Waals surface area contributed by atoms with Crippen LogP contribution in [0.25, 0.3) is 0 Å². The third kappa shape index (κ3) is 3.75. The SMILES string of the molecule is Cn1c(N)c(C(=O)COC(=O)Cc2ccc(F)cc2)c(=O)[nH]c1=O. The fourth-order valence-corrected chi connectivity index (χ4v) is 1.94. The van der Waals surface area contributed by atoms with Gasteiger partial charge in [0, 0.05) is 7.05 Å². The lowest BCUT2D eigenvalue weighted by Crippen LogP contribution is -2.35. The number of halogens is 1. The summed E-state index contributed by atoms with van der Waals surface area (Å²) in [6.45, 7) is -0.703. The van der Waals surface area contributed by atoms with Crippen LogP contribution < -0.4 is 17.0 Å². The third-order valence-electron chi connectivity index (χ3n) is 3.27. The second-order valence-corrected chi connectivity index (χ2v) is 4.97. The molecule has 9 heteroatoms. The first kappa shape index (κ1) is 17.1. The van der Waals surface area contributed by atoms with Gasteiger partial charge >= 0.3 is 11.7 Å². The van der Waals surface area contributed by atoms with Crippen molar-refractivity contribution in [2.24, 2.45) is 7.05 Å². The molecule has 0 fully saturated rings. The van der Waals surface area contributed by atoms with Gasteiger partial charge in [-0.1, -0.05) is 12.1 Å². The van der Waals surface area contributed by atoms with Crippen LogP contribution in [0, 0.1) is 5.82 Å². The summed E-state index contributed by atoms with van der Waals surface area (Å²) < 4.78 is 18.5. The Hall–Kier alpha value is -3.23. The van der Waals surface area contributed by atoms with E-state index in [9.17, 15) is 23.6 Å². The van der Waals surface area contributed by atoms with Crippen molar-refractivity contribution in [2.75, 3.05) is 12.3 Å². The minimum atomic E-state index is -0.949. The maximum absolute atomic E-state index is 12.8. The topological polar surface area (TPSA) is 124 Å². The van der Waals surface area contributed by atoms with Crippen LogP contribution in [-0.4, -0.2) is 27.9 Å². The summed E-state index contributed by atoms with van der Waals surface area (Å²) in [5.74, 6) is -2.32. The molecule has 2 aromatic rings. The fourth-order valence-electron chi connectivity index (χ4n) is 1.94. The number of rotatable bonds is 5. The molecule has 0 aliphatic carbocycles. The average Bonchev–Trinajstić information content (AvgIpc) is 2.53. The molecule has 1 aromatic carbocycles. The van der Waals surface area contributed by atoms with Gasteiger partial charge in [0.15, 0.2) is 6.61 Å². The maximum Gasteiger partial charge on any atom is 0.329 e. The molecule has 0 aliphatic heterocycles. The molecule has 0 bridgehead atoms. The van der Waals surface area contributed by atoms with Crippen LogP contribution in [0.5, 0.6) is 0 Å². The molecule has 0 unspecified atom stereocenters. The third-order valence-corrected chi connectivity index (χ3v) is 3.27. The van der Waals surface area contributed by atoms with Gasteiger partial charge in [-0.3, -0.25) is 23.9 Å². The monoisotopic (exact) mass is 335 g/mol. The van der Waals surface area contributed by atoms with Crippen LogP contribution in [0.3, 0.4) is 0 Å². The number of esters is 1. The highest BCUT2D eigenvalue weighted by Gasteiger charge is 2.19. The lowest BCUT2D eigenvalue weighted by molar-refractivity contribution is -0.141. The number of aromatic nitrogens is 2. The summed E-state index contributed by atoms with van der Waals surface area (Å²) in [5.41, 5.74) is 3.92. The zero-order valence-corrected chi connectivity index (χ0v) is 12.7. The first-order chi connectivity index (χ1) is 11.3. The van der Waals surface area contributed by atoms with Crippen LogP contribution in [0.2, 0.25) is 0 Å². The number of hydrogen-bond acceptors (Lipinski definition) is 6. The van der Waals surface area contributed by atoms with E-state index in [0.29, 0.717) is 5.56 Å². The van der Waals surface area contributed by atoms with E-state index < -0.39 is 41.0 Å². The number of Topliss-reactive ketones (excluding diaryl/α,β-unsaturated/α-hetero) is 1. The summed E-state index contributed by atoms with van der Waals surface area (Å²) in [5, 5.41) is 0. The molecule has 0 radical (unpaired) electrons. The smallest absolute Gasteiger partial charge is 0.329 e. The van der Waals surface area contributed by atoms with Crippen LogP contribution >= 0.6 is 0 Å². The van der Waals surface area contributed by atoms with Crippen molar-refractivity contribution in [3.8, 4) is 0 Å². The number of nitrogens with two attached hydrogens (primary N) is 1. The van der Waals surface area contributed by atoms with Crippen molar-refractivity contribution in [3.05, 3.63) is 62.0 Å². The fraction of sp³-hybridized carbons (Fsp3) is 0.200. The standard InChI is InChI=1S/C15H14FN3O5/c1-19-13(17)12(14(22)18-15(19)23)10(20)7-24-11(21)6-8-2-4-9(16)5-3-8/h2-5H,6-7,17H2,1H3,(H,18,22,23). The van der Waals surface area contributed by atoms with Gasteiger partial charge in [-0.25, -0.2) is 9.18 Å². The number of ketones is 1. The predicted molar refractivity (Wildman–Crippen MR) is 82.1 cm³/mol. The number of nitrogen functional groups attached to an aromatic ring is 1. The molecule has 0 saturated heterocycles. The van der Waals surface area contributed by atoms with Crippen LogP contribution in [0.15, 0.2) is 33.9 Å². The van der Waals surface area contributed by atoms with Crippen molar-refractivity contribution >= 4 is 17.6 Å². The second-order valence-electron chi connectivity index (χ2n) is 4.97. The normalized spacial score (nSPS) is 10.4. The van der Waals surface area contributed by atoms with Gasteiger partial charge in [-0.2, -0.15) is 0 Å². The molecule has 0 aliphatic rings. The van der Waals surface area contributed by atoms with Crippen molar-refractivity contribution in [2.45, 2.75) is 6.42 Å². The second kappa shape index (κ2) is 6.90. The molecular formula is C15H14FN3O5. The molecule has 0 amide bonds. The number of aromatic amines is 1. The molecule has 126 valence electrons. The van der Waals surface area contributed by atoms with E-state index in [4.69, 9.17) is 10.5 Å². The number of H-pyrrole nitrogens is 1. The van der Waals surface area contributed by atoms with Crippen LogP contribution in [0.1, 0.15) is 15.9 Å². The predicted octanol–water partition coefficient (Wildman–Crippen LogP) is -0.236. The van der Waals surface area contributed by atoms with Gasteiger partial charge in [-0.05, 0) is 17.7 Å². The first-order valence-corrected chi connectivity index (χ1v) is 6.81. The van der Waals surface area contributed by atoms with Crippen molar-refractivity contribution in [1.29, 1.82) is 0 Å². The quantitative estimate of drug-likeness (QED) is 0.574. The van der Waals surface area contributed by atoms with E-state index in [0.717, 1.165) is 4.57 Å².